The van der Waals surface area contributed by atoms with Gasteiger partial charge in [0.2, 0.25) is 17.7 Å². The summed E-state index contributed by atoms with van der Waals surface area (Å²) in [5.74, 6) is -1.36. The van der Waals surface area contributed by atoms with Crippen LogP contribution in [-0.4, -0.2) is 59.3 Å². The first-order valence-corrected chi connectivity index (χ1v) is 12.8. The van der Waals surface area contributed by atoms with Crippen LogP contribution < -0.4 is 16.0 Å². The number of likely N-dealkylation sites (tertiary alicyclic amines) is 1. The average Bonchev–Trinajstić information content (AvgIpc) is 3.30. The number of hydrogen-bond donors (Lipinski definition) is 3. The van der Waals surface area contributed by atoms with Crippen molar-refractivity contribution in [2.24, 2.45) is 11.8 Å². The Bertz CT molecular complexity index is 913. The van der Waals surface area contributed by atoms with Crippen LogP contribution in [0.5, 0.6) is 0 Å². The average molecular weight is 503 g/mol. The van der Waals surface area contributed by atoms with Gasteiger partial charge < -0.3 is 25.6 Å². The van der Waals surface area contributed by atoms with Crippen molar-refractivity contribution in [2.75, 3.05) is 11.9 Å². The third-order valence-electron chi connectivity index (χ3n) is 6.11. The van der Waals surface area contributed by atoms with Gasteiger partial charge in [0, 0.05) is 18.3 Å². The summed E-state index contributed by atoms with van der Waals surface area (Å²) in [5.41, 5.74) is 1.38. The van der Waals surface area contributed by atoms with Crippen molar-refractivity contribution >= 4 is 29.4 Å². The van der Waals surface area contributed by atoms with Gasteiger partial charge in [-0.15, -0.1) is 0 Å². The van der Waals surface area contributed by atoms with Crippen molar-refractivity contribution in [2.45, 2.75) is 92.1 Å². The summed E-state index contributed by atoms with van der Waals surface area (Å²) in [6.45, 7) is 13.7. The Balaban J connectivity index is 1.99. The minimum Gasteiger partial charge on any atom is -0.461 e. The van der Waals surface area contributed by atoms with Crippen LogP contribution in [0.25, 0.3) is 0 Å². The Morgan fingerprint density at radius 1 is 1.00 bits per heavy atom. The van der Waals surface area contributed by atoms with Crippen LogP contribution in [0.15, 0.2) is 24.3 Å². The Labute approximate surface area is 214 Å². The second-order valence-electron chi connectivity index (χ2n) is 10.4. The molecule has 1 heterocycles. The molecule has 3 N–H and O–H groups in total. The summed E-state index contributed by atoms with van der Waals surface area (Å²) < 4.78 is 5.23. The summed E-state index contributed by atoms with van der Waals surface area (Å²) in [6, 6.07) is 5.44. The molecule has 9 nitrogen and oxygen atoms in total. The van der Waals surface area contributed by atoms with Gasteiger partial charge in [-0.1, -0.05) is 53.7 Å². The molecule has 0 radical (unpaired) electrons. The minimum absolute atomic E-state index is 0.105. The molecule has 2 rings (SSSR count). The third-order valence-corrected chi connectivity index (χ3v) is 6.11. The van der Waals surface area contributed by atoms with Crippen LogP contribution in [0.2, 0.25) is 0 Å². The summed E-state index contributed by atoms with van der Waals surface area (Å²) in [7, 11) is 0. The van der Waals surface area contributed by atoms with Crippen LogP contribution in [0.4, 0.5) is 5.69 Å². The van der Waals surface area contributed by atoms with Crippen molar-refractivity contribution in [1.29, 1.82) is 0 Å². The van der Waals surface area contributed by atoms with Crippen LogP contribution in [0, 0.1) is 11.8 Å². The number of carbonyl (C=O) groups is 4. The molecule has 9 heteroatoms. The van der Waals surface area contributed by atoms with E-state index in [-0.39, 0.29) is 54.2 Å². The molecule has 200 valence electrons. The number of amides is 3. The molecule has 0 aliphatic carbocycles. The number of carbonyl (C=O) groups excluding carboxylic acids is 4. The van der Waals surface area contributed by atoms with Crippen molar-refractivity contribution in [3.63, 3.8) is 0 Å². The van der Waals surface area contributed by atoms with Crippen LogP contribution >= 0.6 is 0 Å². The summed E-state index contributed by atoms with van der Waals surface area (Å²) in [5, 5.41) is 8.92. The smallest absolute Gasteiger partial charge is 0.308 e. The Morgan fingerprint density at radius 3 is 2.19 bits per heavy atom. The van der Waals surface area contributed by atoms with E-state index in [2.05, 4.69) is 16.0 Å². The van der Waals surface area contributed by atoms with E-state index in [9.17, 15) is 19.2 Å². The van der Waals surface area contributed by atoms with Gasteiger partial charge in [0.25, 0.3) is 0 Å². The van der Waals surface area contributed by atoms with E-state index < -0.39 is 12.1 Å². The third kappa shape index (κ3) is 8.33. The number of nitrogens with one attached hydrogen (secondary N) is 3. The van der Waals surface area contributed by atoms with E-state index in [4.69, 9.17) is 4.74 Å². The molecule has 0 spiro atoms. The van der Waals surface area contributed by atoms with Gasteiger partial charge in [0.1, 0.15) is 18.7 Å². The summed E-state index contributed by atoms with van der Waals surface area (Å²) in [6.07, 6.45) is 1.32. The zero-order valence-electron chi connectivity index (χ0n) is 22.6. The molecule has 1 aliphatic rings. The van der Waals surface area contributed by atoms with Gasteiger partial charge in [0.15, 0.2) is 0 Å². The van der Waals surface area contributed by atoms with Crippen molar-refractivity contribution < 1.29 is 23.9 Å². The lowest BCUT2D eigenvalue weighted by atomic mass is 10.0. The van der Waals surface area contributed by atoms with Gasteiger partial charge >= 0.3 is 5.97 Å². The largest absolute Gasteiger partial charge is 0.461 e. The lowest BCUT2D eigenvalue weighted by Gasteiger charge is -2.30. The molecule has 0 saturated carbocycles. The highest BCUT2D eigenvalue weighted by Gasteiger charge is 2.37. The van der Waals surface area contributed by atoms with Crippen molar-refractivity contribution in [3.8, 4) is 0 Å². The van der Waals surface area contributed by atoms with Gasteiger partial charge in [-0.05, 0) is 43.4 Å². The Morgan fingerprint density at radius 2 is 1.64 bits per heavy atom. The second kappa shape index (κ2) is 13.4. The molecule has 1 saturated heterocycles. The number of hydrogen-bond acceptors (Lipinski definition) is 6. The lowest BCUT2D eigenvalue weighted by Crippen LogP contribution is -2.56. The molecule has 1 aliphatic heterocycles. The maximum Gasteiger partial charge on any atom is 0.308 e. The molecule has 0 bridgehead atoms. The molecule has 1 aromatic carbocycles. The standard InChI is InChI=1S/C27H42N4O5/c1-16(2)23(25(33)29-21-12-10-20(11-13-21)15-36-27(35)17(3)4)30-24(32)22-9-8-14-31(22)26(34)19(7)28-18(5)6/h10-13,16-19,22-23,28H,8-9,14-15H2,1-7H3,(H,29,33)(H,30,32)/t19-,22-,23-/m0/s1. The van der Waals surface area contributed by atoms with E-state index in [1.807, 2.05) is 27.7 Å². The predicted octanol–water partition coefficient (Wildman–Crippen LogP) is 2.84. The summed E-state index contributed by atoms with van der Waals surface area (Å²) >= 11 is 0. The quantitative estimate of drug-likeness (QED) is 0.401. The Hall–Kier alpha value is -2.94. The molecular weight excluding hydrogens is 460 g/mol. The number of ether oxygens (including phenoxy) is 1. The summed E-state index contributed by atoms with van der Waals surface area (Å²) in [4.78, 5) is 52.4. The highest BCUT2D eigenvalue weighted by atomic mass is 16.5. The fourth-order valence-electron chi connectivity index (χ4n) is 4.13. The lowest BCUT2D eigenvalue weighted by molar-refractivity contribution is -0.148. The monoisotopic (exact) mass is 502 g/mol. The molecule has 36 heavy (non-hydrogen) atoms. The highest BCUT2D eigenvalue weighted by molar-refractivity contribution is 5.99. The molecular formula is C27H42N4O5. The van der Waals surface area contributed by atoms with E-state index in [0.717, 1.165) is 12.0 Å². The van der Waals surface area contributed by atoms with Crippen LogP contribution in [-0.2, 0) is 30.5 Å². The maximum atomic E-state index is 13.1. The molecule has 1 fully saturated rings. The van der Waals surface area contributed by atoms with Crippen LogP contribution in [0.1, 0.15) is 66.9 Å². The number of rotatable bonds is 11. The van der Waals surface area contributed by atoms with E-state index in [1.165, 1.54) is 0 Å². The SMILES string of the molecule is CC(C)N[C@@H](C)C(=O)N1CCC[C@H]1C(=O)N[C@H](C(=O)Nc1ccc(COC(=O)C(C)C)cc1)C(C)C. The maximum absolute atomic E-state index is 13.1. The molecule has 3 amide bonds. The van der Waals surface area contributed by atoms with Gasteiger partial charge in [-0.3, -0.25) is 19.2 Å². The van der Waals surface area contributed by atoms with Gasteiger partial charge in [0.05, 0.1) is 12.0 Å². The van der Waals surface area contributed by atoms with Crippen molar-refractivity contribution in [1.82, 2.24) is 15.5 Å². The number of esters is 1. The molecule has 3 atom stereocenters. The van der Waals surface area contributed by atoms with E-state index >= 15 is 0 Å². The van der Waals surface area contributed by atoms with Gasteiger partial charge in [-0.25, -0.2) is 0 Å². The Kier molecular flexibility index (Phi) is 10.9. The van der Waals surface area contributed by atoms with Gasteiger partial charge in [-0.2, -0.15) is 0 Å². The molecule has 0 aromatic heterocycles. The second-order valence-corrected chi connectivity index (χ2v) is 10.4. The fourth-order valence-corrected chi connectivity index (χ4v) is 4.13. The number of benzene rings is 1. The predicted molar refractivity (Wildman–Crippen MR) is 139 cm³/mol. The fraction of sp³-hybridized carbons (Fsp3) is 0.630. The first-order valence-electron chi connectivity index (χ1n) is 12.8. The minimum atomic E-state index is -0.757. The van der Waals surface area contributed by atoms with Crippen LogP contribution in [0.3, 0.4) is 0 Å². The van der Waals surface area contributed by atoms with Crippen molar-refractivity contribution in [3.05, 3.63) is 29.8 Å². The van der Waals surface area contributed by atoms with E-state index in [0.29, 0.717) is 18.7 Å². The molecule has 0 unspecified atom stereocenters. The normalized spacial score (nSPS) is 17.3. The van der Waals surface area contributed by atoms with E-state index in [1.54, 1.807) is 49.9 Å². The number of nitrogens with zero attached hydrogens (tertiary/aromatic N) is 1. The zero-order valence-corrected chi connectivity index (χ0v) is 22.6. The topological polar surface area (TPSA) is 117 Å². The first-order chi connectivity index (χ1) is 16.9. The molecule has 1 aromatic rings. The zero-order chi connectivity index (χ0) is 27.0. The number of anilines is 1. The highest BCUT2D eigenvalue weighted by Crippen LogP contribution is 2.20. The first kappa shape index (κ1) is 29.3.